The number of hydrogen-bond acceptors (Lipinski definition) is 4. The Morgan fingerprint density at radius 3 is 2.38 bits per heavy atom. The molecule has 0 spiro atoms. The van der Waals surface area contributed by atoms with Gasteiger partial charge in [0.05, 0.1) is 12.1 Å². The third kappa shape index (κ3) is 5.31. The summed E-state index contributed by atoms with van der Waals surface area (Å²) in [7, 11) is 0. The number of carbonyl (C=O) groups is 3. The van der Waals surface area contributed by atoms with Gasteiger partial charge in [-0.3, -0.25) is 14.4 Å². The normalized spacial score (nSPS) is 14.1. The van der Waals surface area contributed by atoms with Crippen molar-refractivity contribution in [3.05, 3.63) is 78.4 Å². The lowest BCUT2D eigenvalue weighted by atomic mass is 10.1. The summed E-state index contributed by atoms with van der Waals surface area (Å²) in [5, 5.41) is 2.67. The van der Waals surface area contributed by atoms with Crippen molar-refractivity contribution in [3.8, 4) is 5.75 Å². The van der Waals surface area contributed by atoms with E-state index in [1.54, 1.807) is 53.4 Å². The van der Waals surface area contributed by atoms with Crippen molar-refractivity contribution in [1.82, 2.24) is 10.2 Å². The quantitative estimate of drug-likeness (QED) is 0.581. The largest absolute Gasteiger partial charge is 0.489 e. The number of rotatable bonds is 7. The number of carbonyl (C=O) groups excluding carboxylic acids is 3. The molecule has 0 saturated carbocycles. The molecular formula is C23H24N2O4. The van der Waals surface area contributed by atoms with Gasteiger partial charge in [0.1, 0.15) is 11.9 Å². The van der Waals surface area contributed by atoms with Gasteiger partial charge in [0.15, 0.2) is 5.78 Å². The number of Topliss-reactive ketones (excluding diaryl/α,β-unsaturated/α-hetero) is 1. The first-order chi connectivity index (χ1) is 14.1. The summed E-state index contributed by atoms with van der Waals surface area (Å²) in [6.07, 6.45) is 2.60. The molecule has 0 aromatic heterocycles. The Bertz CT molecular complexity index is 887. The number of ether oxygens (including phenoxy) is 1. The van der Waals surface area contributed by atoms with Crippen molar-refractivity contribution < 1.29 is 19.1 Å². The maximum absolute atomic E-state index is 12.6. The standard InChI is InChI=1S/C23H24N2O4/c1-2-22(27)25-14-12-18(13-15-25)29-21-11-7-6-10-19(21)23(28)24-16-20(26)17-8-4-3-5-9-17/h2-11,18H,1,12-16H2,(H,24,28). The number of amides is 2. The Hall–Kier alpha value is -3.41. The molecular weight excluding hydrogens is 368 g/mol. The molecule has 1 aliphatic heterocycles. The molecule has 1 N–H and O–H groups in total. The SMILES string of the molecule is C=CC(=O)N1CCC(Oc2ccccc2C(=O)NCC(=O)c2ccccc2)CC1. The van der Waals surface area contributed by atoms with Crippen LogP contribution in [0.2, 0.25) is 0 Å². The van der Waals surface area contributed by atoms with Gasteiger partial charge in [-0.05, 0) is 18.2 Å². The van der Waals surface area contributed by atoms with E-state index >= 15 is 0 Å². The number of nitrogens with zero attached hydrogens (tertiary/aromatic N) is 1. The molecule has 0 bridgehead atoms. The van der Waals surface area contributed by atoms with Gasteiger partial charge in [0.2, 0.25) is 5.91 Å². The van der Waals surface area contributed by atoms with E-state index in [1.807, 2.05) is 6.07 Å². The second-order valence-corrected chi connectivity index (χ2v) is 6.81. The molecule has 0 atom stereocenters. The zero-order valence-electron chi connectivity index (χ0n) is 16.2. The van der Waals surface area contributed by atoms with Crippen molar-refractivity contribution in [2.45, 2.75) is 18.9 Å². The molecule has 1 heterocycles. The van der Waals surface area contributed by atoms with Crippen LogP contribution in [-0.4, -0.2) is 48.2 Å². The Labute approximate surface area is 170 Å². The fraction of sp³-hybridized carbons (Fsp3) is 0.261. The summed E-state index contributed by atoms with van der Waals surface area (Å²) < 4.78 is 6.05. The summed E-state index contributed by atoms with van der Waals surface area (Å²) in [5.41, 5.74) is 0.941. The first kappa shape index (κ1) is 20.3. The Morgan fingerprint density at radius 1 is 1.03 bits per heavy atom. The number of ketones is 1. The molecule has 1 fully saturated rings. The zero-order chi connectivity index (χ0) is 20.6. The number of likely N-dealkylation sites (tertiary alicyclic amines) is 1. The second-order valence-electron chi connectivity index (χ2n) is 6.81. The third-order valence-electron chi connectivity index (χ3n) is 4.86. The first-order valence-electron chi connectivity index (χ1n) is 9.62. The summed E-state index contributed by atoms with van der Waals surface area (Å²) in [6, 6.07) is 15.8. The molecule has 0 aliphatic carbocycles. The van der Waals surface area contributed by atoms with Gasteiger partial charge in [-0.2, -0.15) is 0 Å². The molecule has 0 unspecified atom stereocenters. The van der Waals surface area contributed by atoms with Crippen LogP contribution >= 0.6 is 0 Å². The van der Waals surface area contributed by atoms with Crippen LogP contribution in [0.15, 0.2) is 67.3 Å². The lowest BCUT2D eigenvalue weighted by Gasteiger charge is -2.31. The first-order valence-corrected chi connectivity index (χ1v) is 9.62. The Balaban J connectivity index is 1.58. The number of nitrogens with one attached hydrogen (secondary N) is 1. The van der Waals surface area contributed by atoms with E-state index in [2.05, 4.69) is 11.9 Å². The van der Waals surface area contributed by atoms with Gasteiger partial charge >= 0.3 is 0 Å². The number of para-hydroxylation sites is 1. The molecule has 1 saturated heterocycles. The van der Waals surface area contributed by atoms with E-state index in [9.17, 15) is 14.4 Å². The molecule has 2 aromatic rings. The van der Waals surface area contributed by atoms with Crippen LogP contribution in [-0.2, 0) is 4.79 Å². The predicted molar refractivity (Wildman–Crippen MR) is 110 cm³/mol. The van der Waals surface area contributed by atoms with Gasteiger partial charge < -0.3 is 15.0 Å². The van der Waals surface area contributed by atoms with Crippen molar-refractivity contribution in [1.29, 1.82) is 0 Å². The second kappa shape index (κ2) is 9.68. The van der Waals surface area contributed by atoms with Gasteiger partial charge in [-0.1, -0.05) is 49.0 Å². The minimum Gasteiger partial charge on any atom is -0.489 e. The lowest BCUT2D eigenvalue weighted by Crippen LogP contribution is -2.41. The van der Waals surface area contributed by atoms with Crippen LogP contribution in [0.1, 0.15) is 33.6 Å². The average Bonchev–Trinajstić information content (AvgIpc) is 2.78. The van der Waals surface area contributed by atoms with Crippen LogP contribution in [0.3, 0.4) is 0 Å². The van der Waals surface area contributed by atoms with Crippen LogP contribution in [0, 0.1) is 0 Å². The van der Waals surface area contributed by atoms with E-state index in [4.69, 9.17) is 4.74 Å². The van der Waals surface area contributed by atoms with Crippen LogP contribution in [0.25, 0.3) is 0 Å². The van der Waals surface area contributed by atoms with E-state index < -0.39 is 0 Å². The van der Waals surface area contributed by atoms with E-state index in [1.165, 1.54) is 6.08 Å². The highest BCUT2D eigenvalue weighted by Crippen LogP contribution is 2.23. The molecule has 6 heteroatoms. The molecule has 29 heavy (non-hydrogen) atoms. The molecule has 150 valence electrons. The predicted octanol–water partition coefficient (Wildman–Crippen LogP) is 2.86. The topological polar surface area (TPSA) is 75.7 Å². The van der Waals surface area contributed by atoms with Crippen LogP contribution in [0.5, 0.6) is 5.75 Å². The van der Waals surface area contributed by atoms with Crippen molar-refractivity contribution in [3.63, 3.8) is 0 Å². The highest BCUT2D eigenvalue weighted by molar-refractivity contribution is 6.03. The minimum absolute atomic E-state index is 0.0775. The molecule has 2 aromatic carbocycles. The van der Waals surface area contributed by atoms with E-state index in [-0.39, 0.29) is 30.2 Å². The maximum Gasteiger partial charge on any atom is 0.255 e. The monoisotopic (exact) mass is 392 g/mol. The molecule has 2 amide bonds. The summed E-state index contributed by atoms with van der Waals surface area (Å²) in [6.45, 7) is 4.61. The van der Waals surface area contributed by atoms with E-state index in [0.717, 1.165) is 0 Å². The number of benzene rings is 2. The third-order valence-corrected chi connectivity index (χ3v) is 4.86. The zero-order valence-corrected chi connectivity index (χ0v) is 16.2. The highest BCUT2D eigenvalue weighted by atomic mass is 16.5. The van der Waals surface area contributed by atoms with Gasteiger partial charge in [0, 0.05) is 31.5 Å². The average molecular weight is 392 g/mol. The fourth-order valence-corrected chi connectivity index (χ4v) is 3.24. The minimum atomic E-state index is -0.357. The lowest BCUT2D eigenvalue weighted by molar-refractivity contribution is -0.127. The molecule has 6 nitrogen and oxygen atoms in total. The van der Waals surface area contributed by atoms with Gasteiger partial charge in [0.25, 0.3) is 5.91 Å². The summed E-state index contributed by atoms with van der Waals surface area (Å²) >= 11 is 0. The maximum atomic E-state index is 12.6. The number of piperidine rings is 1. The Morgan fingerprint density at radius 2 is 1.69 bits per heavy atom. The molecule has 0 radical (unpaired) electrons. The van der Waals surface area contributed by atoms with E-state index in [0.29, 0.717) is 42.8 Å². The highest BCUT2D eigenvalue weighted by Gasteiger charge is 2.24. The summed E-state index contributed by atoms with van der Waals surface area (Å²) in [4.78, 5) is 38.3. The van der Waals surface area contributed by atoms with Crippen molar-refractivity contribution in [2.24, 2.45) is 0 Å². The summed E-state index contributed by atoms with van der Waals surface area (Å²) in [5.74, 6) is -0.113. The fourth-order valence-electron chi connectivity index (χ4n) is 3.24. The number of hydrogen-bond donors (Lipinski definition) is 1. The van der Waals surface area contributed by atoms with Crippen LogP contribution < -0.4 is 10.1 Å². The van der Waals surface area contributed by atoms with Crippen molar-refractivity contribution >= 4 is 17.6 Å². The Kier molecular flexibility index (Phi) is 6.79. The molecule has 3 rings (SSSR count). The smallest absolute Gasteiger partial charge is 0.255 e. The molecule has 1 aliphatic rings. The van der Waals surface area contributed by atoms with Gasteiger partial charge in [-0.25, -0.2) is 0 Å². The van der Waals surface area contributed by atoms with Crippen LogP contribution in [0.4, 0.5) is 0 Å². The van der Waals surface area contributed by atoms with Gasteiger partial charge in [-0.15, -0.1) is 0 Å². The van der Waals surface area contributed by atoms with Crippen molar-refractivity contribution in [2.75, 3.05) is 19.6 Å².